The van der Waals surface area contributed by atoms with Gasteiger partial charge in [-0.15, -0.1) is 0 Å². The fraction of sp³-hybridized carbons (Fsp3) is 0.154. The van der Waals surface area contributed by atoms with Crippen molar-refractivity contribution in [1.29, 1.82) is 0 Å². The fourth-order valence-electron chi connectivity index (χ4n) is 1.82. The second-order valence-corrected chi connectivity index (χ2v) is 6.07. The van der Waals surface area contributed by atoms with Crippen LogP contribution in [0.2, 0.25) is 0 Å². The summed E-state index contributed by atoms with van der Waals surface area (Å²) in [4.78, 5) is 28.6. The highest BCUT2D eigenvalue weighted by atomic mass is 32.2. The Labute approximate surface area is 117 Å². The average molecular weight is 290 g/mol. The van der Waals surface area contributed by atoms with Crippen molar-refractivity contribution < 1.29 is 4.79 Å². The molecule has 0 atom stereocenters. The third-order valence-corrected chi connectivity index (χ3v) is 4.52. The Kier molecular flexibility index (Phi) is 3.35. The molecular weight excluding hydrogens is 280 g/mol. The molecule has 3 rings (SSSR count). The molecule has 1 aliphatic heterocycles. The number of carbonyl (C=O) groups excluding carboxylic acids is 1. The molecule has 0 radical (unpaired) electrons. The quantitative estimate of drug-likeness (QED) is 0.875. The zero-order chi connectivity index (χ0) is 13.2. The Morgan fingerprint density at radius 3 is 2.95 bits per heavy atom. The first-order valence-corrected chi connectivity index (χ1v) is 7.56. The van der Waals surface area contributed by atoms with Gasteiger partial charge in [-0.3, -0.25) is 14.6 Å². The number of thioether (sulfide) groups is 1. The fourth-order valence-corrected chi connectivity index (χ4v) is 3.36. The molecule has 0 unspecified atom stereocenters. The summed E-state index contributed by atoms with van der Waals surface area (Å²) in [6, 6.07) is 9.02. The summed E-state index contributed by atoms with van der Waals surface area (Å²) in [6.45, 7) is 0.730. The van der Waals surface area contributed by atoms with E-state index in [9.17, 15) is 9.59 Å². The Bertz CT molecular complexity index is 737. The minimum Gasteiger partial charge on any atom is -0.301 e. The summed E-state index contributed by atoms with van der Waals surface area (Å²) in [5.41, 5.74) is 0. The lowest BCUT2D eigenvalue weighted by molar-refractivity contribution is 0.0982. The molecule has 0 fully saturated rings. The van der Waals surface area contributed by atoms with Gasteiger partial charge >= 0.3 is 0 Å². The first-order valence-electron chi connectivity index (χ1n) is 5.75. The van der Waals surface area contributed by atoms with Crippen LogP contribution in [0, 0.1) is 0 Å². The summed E-state index contributed by atoms with van der Waals surface area (Å²) < 4.78 is -0.0933. The largest absolute Gasteiger partial charge is 0.301 e. The molecule has 19 heavy (non-hydrogen) atoms. The molecule has 0 bridgehead atoms. The van der Waals surface area contributed by atoms with E-state index in [2.05, 4.69) is 10.3 Å². The van der Waals surface area contributed by atoms with Gasteiger partial charge < -0.3 is 5.32 Å². The summed E-state index contributed by atoms with van der Waals surface area (Å²) in [5.74, 6) is 0.629. The van der Waals surface area contributed by atoms with Crippen LogP contribution < -0.4 is 10.1 Å². The Hall–Kier alpha value is -1.66. The molecule has 4 nitrogen and oxygen atoms in total. The summed E-state index contributed by atoms with van der Waals surface area (Å²) in [5, 5.41) is 4.81. The van der Waals surface area contributed by atoms with Gasteiger partial charge in [-0.25, -0.2) is 0 Å². The van der Waals surface area contributed by atoms with E-state index in [0.717, 1.165) is 29.0 Å². The molecule has 2 aromatic rings. The lowest BCUT2D eigenvalue weighted by Gasteiger charge is -2.04. The third kappa shape index (κ3) is 2.54. The number of nitrogens with one attached hydrogen (secondary N) is 1. The molecule has 96 valence electrons. The Balaban J connectivity index is 1.96. The number of aliphatic imine (C=N–C) groups is 1. The number of hydrogen-bond acceptors (Lipinski definition) is 5. The molecule has 0 saturated carbocycles. The maximum Gasteiger partial charge on any atom is 0.267 e. The highest BCUT2D eigenvalue weighted by Crippen LogP contribution is 2.16. The van der Waals surface area contributed by atoms with Gasteiger partial charge in [0.1, 0.15) is 0 Å². The predicted octanol–water partition coefficient (Wildman–Crippen LogP) is 2.09. The molecule has 1 aromatic heterocycles. The van der Waals surface area contributed by atoms with Crippen LogP contribution in [0.1, 0.15) is 9.67 Å². The molecule has 0 spiro atoms. The van der Waals surface area contributed by atoms with E-state index in [0.29, 0.717) is 15.4 Å². The molecule has 1 aromatic carbocycles. The van der Waals surface area contributed by atoms with E-state index >= 15 is 0 Å². The van der Waals surface area contributed by atoms with Gasteiger partial charge in [0.15, 0.2) is 5.17 Å². The molecular formula is C13H10N2O2S2. The SMILES string of the molecule is O=C(NC1=NCCS1)c1cc2ccccc2c(=O)s1. The van der Waals surface area contributed by atoms with Crippen molar-refractivity contribution in [2.75, 3.05) is 12.3 Å². The van der Waals surface area contributed by atoms with E-state index < -0.39 is 0 Å². The van der Waals surface area contributed by atoms with Gasteiger partial charge in [0.25, 0.3) is 5.91 Å². The van der Waals surface area contributed by atoms with Gasteiger partial charge in [0.05, 0.1) is 11.4 Å². The van der Waals surface area contributed by atoms with Crippen molar-refractivity contribution in [2.24, 2.45) is 4.99 Å². The van der Waals surface area contributed by atoms with Crippen molar-refractivity contribution in [1.82, 2.24) is 5.32 Å². The molecule has 0 aliphatic carbocycles. The normalized spacial score (nSPS) is 14.4. The van der Waals surface area contributed by atoms with Crippen molar-refractivity contribution in [3.63, 3.8) is 0 Å². The van der Waals surface area contributed by atoms with Crippen molar-refractivity contribution in [3.05, 3.63) is 44.7 Å². The van der Waals surface area contributed by atoms with Crippen LogP contribution in [0.5, 0.6) is 0 Å². The van der Waals surface area contributed by atoms with Crippen LogP contribution in [0.15, 0.2) is 40.1 Å². The topological polar surface area (TPSA) is 58.5 Å². The molecule has 1 aliphatic rings. The van der Waals surface area contributed by atoms with Gasteiger partial charge in [-0.2, -0.15) is 0 Å². The third-order valence-electron chi connectivity index (χ3n) is 2.70. The van der Waals surface area contributed by atoms with E-state index in [4.69, 9.17) is 0 Å². The highest BCUT2D eigenvalue weighted by molar-refractivity contribution is 8.14. The lowest BCUT2D eigenvalue weighted by atomic mass is 10.2. The minimum atomic E-state index is -0.263. The first kappa shape index (κ1) is 12.4. The molecule has 6 heteroatoms. The van der Waals surface area contributed by atoms with E-state index in [1.165, 1.54) is 11.8 Å². The minimum absolute atomic E-state index is 0.0933. The summed E-state index contributed by atoms with van der Waals surface area (Å²) >= 11 is 2.48. The van der Waals surface area contributed by atoms with Crippen LogP contribution in [0.3, 0.4) is 0 Å². The maximum atomic E-state index is 12.1. The number of benzene rings is 1. The van der Waals surface area contributed by atoms with Crippen molar-refractivity contribution >= 4 is 44.9 Å². The second kappa shape index (κ2) is 5.14. The number of nitrogens with zero attached hydrogens (tertiary/aromatic N) is 1. The number of amidine groups is 1. The number of rotatable bonds is 1. The van der Waals surface area contributed by atoms with E-state index in [1.54, 1.807) is 12.1 Å². The molecule has 1 amide bonds. The van der Waals surface area contributed by atoms with Crippen LogP contribution in [0.25, 0.3) is 10.8 Å². The first-order chi connectivity index (χ1) is 9.24. The number of amides is 1. The van der Waals surface area contributed by atoms with Gasteiger partial charge in [-0.05, 0) is 17.5 Å². The van der Waals surface area contributed by atoms with Gasteiger partial charge in [0, 0.05) is 11.1 Å². The highest BCUT2D eigenvalue weighted by Gasteiger charge is 2.14. The lowest BCUT2D eigenvalue weighted by Crippen LogP contribution is -2.27. The van der Waals surface area contributed by atoms with Gasteiger partial charge in [0.2, 0.25) is 4.74 Å². The van der Waals surface area contributed by atoms with Crippen LogP contribution in [-0.4, -0.2) is 23.4 Å². The summed E-state index contributed by atoms with van der Waals surface area (Å²) in [6.07, 6.45) is 0. The summed E-state index contributed by atoms with van der Waals surface area (Å²) in [7, 11) is 0. The number of fused-ring (bicyclic) bond motifs is 1. The number of carbonyl (C=O) groups is 1. The van der Waals surface area contributed by atoms with E-state index in [1.807, 2.05) is 18.2 Å². The predicted molar refractivity (Wildman–Crippen MR) is 80.3 cm³/mol. The van der Waals surface area contributed by atoms with E-state index in [-0.39, 0.29) is 10.6 Å². The maximum absolute atomic E-state index is 12.1. The van der Waals surface area contributed by atoms with Gasteiger partial charge in [-0.1, -0.05) is 41.3 Å². The number of hydrogen-bond donors (Lipinski definition) is 1. The molecule has 1 N–H and O–H groups in total. The standard InChI is InChI=1S/C13H10N2O2S2/c16-11(15-13-14-5-6-18-13)10-7-8-3-1-2-4-9(8)12(17)19-10/h1-4,7H,5-6H2,(H,14,15,16). The second-order valence-electron chi connectivity index (χ2n) is 3.97. The van der Waals surface area contributed by atoms with Crippen LogP contribution in [-0.2, 0) is 0 Å². The van der Waals surface area contributed by atoms with Crippen molar-refractivity contribution in [3.8, 4) is 0 Å². The Morgan fingerprint density at radius 1 is 1.32 bits per heavy atom. The smallest absolute Gasteiger partial charge is 0.267 e. The zero-order valence-electron chi connectivity index (χ0n) is 9.88. The zero-order valence-corrected chi connectivity index (χ0v) is 11.5. The average Bonchev–Trinajstić information content (AvgIpc) is 2.91. The van der Waals surface area contributed by atoms with Crippen molar-refractivity contribution in [2.45, 2.75) is 0 Å². The molecule has 0 saturated heterocycles. The molecule has 2 heterocycles. The monoisotopic (exact) mass is 290 g/mol. The van der Waals surface area contributed by atoms with Crippen LogP contribution >= 0.6 is 23.1 Å². The Morgan fingerprint density at radius 2 is 2.16 bits per heavy atom. The van der Waals surface area contributed by atoms with Crippen LogP contribution in [0.4, 0.5) is 0 Å².